The molecule has 2 aromatic heterocycles. The Morgan fingerprint density at radius 1 is 1.22 bits per heavy atom. The van der Waals surface area contributed by atoms with Crippen LogP contribution in [0.1, 0.15) is 5.76 Å². The molecule has 0 unspecified atom stereocenters. The van der Waals surface area contributed by atoms with E-state index in [0.717, 1.165) is 11.3 Å². The number of nitro benzene ring substituents is 1. The highest BCUT2D eigenvalue weighted by atomic mass is 16.6. The van der Waals surface area contributed by atoms with Gasteiger partial charge < -0.3 is 8.98 Å². The Labute approximate surface area is 102 Å². The molecule has 0 aliphatic rings. The first kappa shape index (κ1) is 10.6. The molecular formula is C13H10N2O3. The lowest BCUT2D eigenvalue weighted by Crippen LogP contribution is -1.96. The summed E-state index contributed by atoms with van der Waals surface area (Å²) in [6, 6.07) is 10.5. The van der Waals surface area contributed by atoms with Crippen LogP contribution in [-0.4, -0.2) is 9.49 Å². The summed E-state index contributed by atoms with van der Waals surface area (Å²) in [7, 11) is 0. The van der Waals surface area contributed by atoms with Gasteiger partial charge in [-0.25, -0.2) is 0 Å². The predicted molar refractivity (Wildman–Crippen MR) is 66.4 cm³/mol. The Hall–Kier alpha value is -2.56. The van der Waals surface area contributed by atoms with E-state index in [4.69, 9.17) is 4.42 Å². The molecule has 0 atom stereocenters. The van der Waals surface area contributed by atoms with Gasteiger partial charge in [0, 0.05) is 12.3 Å². The molecule has 90 valence electrons. The summed E-state index contributed by atoms with van der Waals surface area (Å²) in [6.07, 6.45) is 3.45. The van der Waals surface area contributed by atoms with Crippen LogP contribution in [0.4, 0.5) is 5.69 Å². The Kier molecular flexibility index (Phi) is 2.37. The van der Waals surface area contributed by atoms with Gasteiger partial charge in [-0.2, -0.15) is 0 Å². The normalized spacial score (nSPS) is 10.9. The first-order valence-corrected chi connectivity index (χ1v) is 5.50. The number of non-ortho nitro benzene ring substituents is 1. The van der Waals surface area contributed by atoms with Gasteiger partial charge in [0.2, 0.25) is 0 Å². The summed E-state index contributed by atoms with van der Waals surface area (Å²) in [5.41, 5.74) is 0.964. The number of rotatable bonds is 3. The third-order valence-corrected chi connectivity index (χ3v) is 2.89. The minimum absolute atomic E-state index is 0.130. The zero-order valence-corrected chi connectivity index (χ0v) is 9.45. The maximum atomic E-state index is 10.9. The Balaban J connectivity index is 2.09. The first-order valence-electron chi connectivity index (χ1n) is 5.50. The average Bonchev–Trinajstić information content (AvgIpc) is 2.99. The molecule has 0 amide bonds. The summed E-state index contributed by atoms with van der Waals surface area (Å²) >= 11 is 0. The fourth-order valence-corrected chi connectivity index (χ4v) is 2.07. The highest BCUT2D eigenvalue weighted by Crippen LogP contribution is 2.26. The maximum absolute atomic E-state index is 10.9. The van der Waals surface area contributed by atoms with Crippen molar-refractivity contribution in [2.75, 3.05) is 0 Å². The van der Waals surface area contributed by atoms with Gasteiger partial charge >= 0.3 is 0 Å². The number of hydrogen-bond acceptors (Lipinski definition) is 3. The van der Waals surface area contributed by atoms with E-state index in [0.29, 0.717) is 11.9 Å². The molecule has 5 nitrogen and oxygen atoms in total. The minimum atomic E-state index is -0.362. The number of benzene rings is 1. The molecule has 1 aromatic carbocycles. The monoisotopic (exact) mass is 242 g/mol. The van der Waals surface area contributed by atoms with E-state index in [1.54, 1.807) is 18.4 Å². The highest BCUT2D eigenvalue weighted by molar-refractivity contribution is 5.89. The first-order chi connectivity index (χ1) is 8.75. The van der Waals surface area contributed by atoms with Gasteiger partial charge in [-0.3, -0.25) is 10.1 Å². The SMILES string of the molecule is O=[N+]([O-])c1cccc2c1ccn2Cc1ccco1. The Bertz CT molecular complexity index is 698. The summed E-state index contributed by atoms with van der Waals surface area (Å²) in [5, 5.41) is 11.6. The second-order valence-electron chi connectivity index (χ2n) is 3.99. The number of fused-ring (bicyclic) bond motifs is 1. The molecule has 0 spiro atoms. The van der Waals surface area contributed by atoms with Crippen LogP contribution in [0, 0.1) is 10.1 Å². The predicted octanol–water partition coefficient (Wildman–Crippen LogP) is 3.19. The van der Waals surface area contributed by atoms with Crippen molar-refractivity contribution in [1.29, 1.82) is 0 Å². The van der Waals surface area contributed by atoms with Gasteiger partial charge in [0.25, 0.3) is 5.69 Å². The van der Waals surface area contributed by atoms with Gasteiger partial charge in [-0.05, 0) is 24.3 Å². The fraction of sp³-hybridized carbons (Fsp3) is 0.0769. The van der Waals surface area contributed by atoms with E-state index in [1.807, 2.05) is 29.0 Å². The van der Waals surface area contributed by atoms with E-state index < -0.39 is 0 Å². The molecule has 0 aliphatic carbocycles. The quantitative estimate of drug-likeness (QED) is 0.523. The number of furan rings is 1. The minimum Gasteiger partial charge on any atom is -0.467 e. The van der Waals surface area contributed by atoms with Crippen LogP contribution < -0.4 is 0 Å². The van der Waals surface area contributed by atoms with Crippen LogP contribution in [0.3, 0.4) is 0 Å². The molecule has 0 saturated carbocycles. The molecule has 5 heteroatoms. The molecular weight excluding hydrogens is 232 g/mol. The van der Waals surface area contributed by atoms with Crippen molar-refractivity contribution in [3.05, 3.63) is 64.7 Å². The molecule has 0 N–H and O–H groups in total. The van der Waals surface area contributed by atoms with Crippen molar-refractivity contribution < 1.29 is 9.34 Å². The van der Waals surface area contributed by atoms with Gasteiger partial charge in [0.1, 0.15) is 5.76 Å². The van der Waals surface area contributed by atoms with Crippen molar-refractivity contribution in [2.24, 2.45) is 0 Å². The Morgan fingerprint density at radius 3 is 2.83 bits per heavy atom. The number of aromatic nitrogens is 1. The van der Waals surface area contributed by atoms with Crippen molar-refractivity contribution in [2.45, 2.75) is 6.54 Å². The lowest BCUT2D eigenvalue weighted by molar-refractivity contribution is -0.383. The van der Waals surface area contributed by atoms with Crippen LogP contribution in [0.2, 0.25) is 0 Å². The van der Waals surface area contributed by atoms with Crippen LogP contribution >= 0.6 is 0 Å². The highest BCUT2D eigenvalue weighted by Gasteiger charge is 2.13. The molecule has 0 saturated heterocycles. The van der Waals surface area contributed by atoms with Crippen LogP contribution in [0.25, 0.3) is 10.9 Å². The molecule has 18 heavy (non-hydrogen) atoms. The van der Waals surface area contributed by atoms with Gasteiger partial charge in [-0.15, -0.1) is 0 Å². The third kappa shape index (κ3) is 1.66. The second-order valence-corrected chi connectivity index (χ2v) is 3.99. The van der Waals surface area contributed by atoms with Crippen molar-refractivity contribution in [3.63, 3.8) is 0 Å². The van der Waals surface area contributed by atoms with Crippen molar-refractivity contribution in [3.8, 4) is 0 Å². The van der Waals surface area contributed by atoms with E-state index in [9.17, 15) is 10.1 Å². The molecule has 0 fully saturated rings. The largest absolute Gasteiger partial charge is 0.467 e. The average molecular weight is 242 g/mol. The van der Waals surface area contributed by atoms with Gasteiger partial charge in [-0.1, -0.05) is 6.07 Å². The summed E-state index contributed by atoms with van der Waals surface area (Å²) < 4.78 is 7.21. The second kappa shape index (κ2) is 4.03. The number of hydrogen-bond donors (Lipinski definition) is 0. The van der Waals surface area contributed by atoms with E-state index in [-0.39, 0.29) is 10.6 Å². The summed E-state index contributed by atoms with van der Waals surface area (Å²) in [4.78, 5) is 10.6. The number of nitrogens with zero attached hydrogens (tertiary/aromatic N) is 2. The lowest BCUT2D eigenvalue weighted by Gasteiger charge is -2.02. The zero-order valence-electron chi connectivity index (χ0n) is 9.45. The van der Waals surface area contributed by atoms with Gasteiger partial charge in [0.15, 0.2) is 0 Å². The van der Waals surface area contributed by atoms with E-state index in [2.05, 4.69) is 0 Å². The van der Waals surface area contributed by atoms with Crippen LogP contribution in [0.15, 0.2) is 53.3 Å². The number of nitro groups is 1. The molecule has 2 heterocycles. The lowest BCUT2D eigenvalue weighted by atomic mass is 10.2. The summed E-state index contributed by atoms with van der Waals surface area (Å²) in [5.74, 6) is 0.819. The van der Waals surface area contributed by atoms with Crippen molar-refractivity contribution >= 4 is 16.6 Å². The molecule has 3 aromatic rings. The standard InChI is InChI=1S/C13H10N2O3/c16-15(17)13-5-1-4-12-11(13)6-7-14(12)9-10-3-2-8-18-10/h1-8H,9H2. The van der Waals surface area contributed by atoms with E-state index in [1.165, 1.54) is 6.07 Å². The Morgan fingerprint density at radius 2 is 2.11 bits per heavy atom. The topological polar surface area (TPSA) is 61.2 Å². The fourth-order valence-electron chi connectivity index (χ4n) is 2.07. The van der Waals surface area contributed by atoms with Crippen LogP contribution in [0.5, 0.6) is 0 Å². The molecule has 3 rings (SSSR count). The third-order valence-electron chi connectivity index (χ3n) is 2.89. The smallest absolute Gasteiger partial charge is 0.278 e. The molecule has 0 radical (unpaired) electrons. The van der Waals surface area contributed by atoms with E-state index >= 15 is 0 Å². The maximum Gasteiger partial charge on any atom is 0.278 e. The zero-order chi connectivity index (χ0) is 12.5. The van der Waals surface area contributed by atoms with Gasteiger partial charge in [0.05, 0.1) is 28.6 Å². The summed E-state index contributed by atoms with van der Waals surface area (Å²) in [6.45, 7) is 0.567. The van der Waals surface area contributed by atoms with Crippen LogP contribution in [-0.2, 0) is 6.54 Å². The molecule has 0 aliphatic heterocycles. The molecule has 0 bridgehead atoms. The van der Waals surface area contributed by atoms with Crippen molar-refractivity contribution in [1.82, 2.24) is 4.57 Å².